The average Bonchev–Trinajstić information content (AvgIpc) is 3.40. The molecular formula is C25H24FN3O3. The van der Waals surface area contributed by atoms with Crippen LogP contribution in [-0.4, -0.2) is 54.3 Å². The van der Waals surface area contributed by atoms with Crippen molar-refractivity contribution in [1.82, 2.24) is 9.80 Å². The third-order valence-corrected chi connectivity index (χ3v) is 6.16. The molecule has 0 N–H and O–H groups in total. The van der Waals surface area contributed by atoms with Crippen molar-refractivity contribution in [2.75, 3.05) is 37.6 Å². The Labute approximate surface area is 185 Å². The summed E-state index contributed by atoms with van der Waals surface area (Å²) in [6.07, 6.45) is 2.10. The number of halogens is 1. The van der Waals surface area contributed by atoms with Gasteiger partial charge in [-0.25, -0.2) is 4.39 Å². The van der Waals surface area contributed by atoms with Gasteiger partial charge in [0.2, 0.25) is 0 Å². The fourth-order valence-corrected chi connectivity index (χ4v) is 4.49. The normalized spacial score (nSPS) is 16.7. The summed E-state index contributed by atoms with van der Waals surface area (Å²) in [5, 5.41) is 0. The highest BCUT2D eigenvalue weighted by Crippen LogP contribution is 2.32. The highest BCUT2D eigenvalue weighted by Gasteiger charge is 2.38. The maximum Gasteiger partial charge on any atom is 0.263 e. The van der Waals surface area contributed by atoms with Crippen LogP contribution in [-0.2, 0) is 13.0 Å². The Morgan fingerprint density at radius 2 is 1.72 bits per heavy atom. The first-order chi connectivity index (χ1) is 15.6. The number of carbonyl (C=O) groups is 2. The van der Waals surface area contributed by atoms with Crippen molar-refractivity contribution in [2.45, 2.75) is 13.0 Å². The Morgan fingerprint density at radius 3 is 2.47 bits per heavy atom. The van der Waals surface area contributed by atoms with E-state index in [4.69, 9.17) is 4.42 Å². The van der Waals surface area contributed by atoms with Gasteiger partial charge in [-0.2, -0.15) is 0 Å². The number of piperazine rings is 1. The number of nitrogens with zero attached hydrogens (tertiary/aromatic N) is 3. The first-order valence-electron chi connectivity index (χ1n) is 10.8. The lowest BCUT2D eigenvalue weighted by Gasteiger charge is -2.36. The molecule has 2 aliphatic rings. The molecule has 0 bridgehead atoms. The van der Waals surface area contributed by atoms with E-state index in [0.717, 1.165) is 49.7 Å². The molecule has 0 aliphatic carbocycles. The zero-order valence-electron chi connectivity index (χ0n) is 17.7. The molecule has 1 saturated heterocycles. The zero-order chi connectivity index (χ0) is 22.1. The van der Waals surface area contributed by atoms with Crippen molar-refractivity contribution >= 4 is 17.5 Å². The monoisotopic (exact) mass is 433 g/mol. The van der Waals surface area contributed by atoms with Gasteiger partial charge in [-0.3, -0.25) is 19.4 Å². The number of fused-ring (bicyclic) bond motifs is 1. The zero-order valence-corrected chi connectivity index (χ0v) is 17.7. The van der Waals surface area contributed by atoms with Crippen molar-refractivity contribution in [3.05, 3.63) is 89.1 Å². The molecule has 0 radical (unpaired) electrons. The molecule has 32 heavy (non-hydrogen) atoms. The van der Waals surface area contributed by atoms with Gasteiger partial charge < -0.3 is 9.32 Å². The lowest BCUT2D eigenvalue weighted by molar-refractivity contribution is 0.0656. The predicted octanol–water partition coefficient (Wildman–Crippen LogP) is 3.58. The van der Waals surface area contributed by atoms with E-state index in [1.54, 1.807) is 24.5 Å². The molecular weight excluding hydrogens is 409 g/mol. The second-order valence-electron chi connectivity index (χ2n) is 8.18. The Morgan fingerprint density at radius 1 is 0.906 bits per heavy atom. The number of amides is 2. The summed E-state index contributed by atoms with van der Waals surface area (Å²) in [4.78, 5) is 31.9. The summed E-state index contributed by atoms with van der Waals surface area (Å²) < 4.78 is 18.9. The lowest BCUT2D eigenvalue weighted by atomic mass is 10.1. The molecule has 2 aliphatic heterocycles. The molecule has 3 aromatic rings. The van der Waals surface area contributed by atoms with Crippen molar-refractivity contribution in [2.24, 2.45) is 0 Å². The molecule has 2 aromatic carbocycles. The summed E-state index contributed by atoms with van der Waals surface area (Å²) in [7, 11) is 0. The molecule has 2 amide bonds. The predicted molar refractivity (Wildman–Crippen MR) is 118 cm³/mol. The summed E-state index contributed by atoms with van der Waals surface area (Å²) in [5.74, 6) is 0.0711. The van der Waals surface area contributed by atoms with Gasteiger partial charge in [0.15, 0.2) is 0 Å². The van der Waals surface area contributed by atoms with Crippen LogP contribution in [0.3, 0.4) is 0 Å². The Hall–Kier alpha value is -3.45. The van der Waals surface area contributed by atoms with E-state index >= 15 is 0 Å². The molecule has 6 nitrogen and oxygen atoms in total. The standard InChI is InChI=1S/C25H24FN3O3/c26-19-5-1-4-18(16-19)9-10-29-24(30)21-7-2-8-22(23(21)25(29)31)28-13-11-27(12-14-28)17-20-6-3-15-32-20/h1-8,15-16H,9-14,17H2. The summed E-state index contributed by atoms with van der Waals surface area (Å²) in [6, 6.07) is 15.6. The Bertz CT molecular complexity index is 1140. The van der Waals surface area contributed by atoms with Crippen molar-refractivity contribution < 1.29 is 18.4 Å². The second kappa shape index (κ2) is 8.59. The minimum Gasteiger partial charge on any atom is -0.468 e. The van der Waals surface area contributed by atoms with E-state index in [0.29, 0.717) is 17.5 Å². The van der Waals surface area contributed by atoms with Crippen LogP contribution < -0.4 is 4.90 Å². The van der Waals surface area contributed by atoms with Gasteiger partial charge in [0.25, 0.3) is 11.8 Å². The fraction of sp³-hybridized carbons (Fsp3) is 0.280. The third-order valence-electron chi connectivity index (χ3n) is 6.16. The van der Waals surface area contributed by atoms with Crippen molar-refractivity contribution in [1.29, 1.82) is 0 Å². The van der Waals surface area contributed by atoms with Crippen LogP contribution in [0, 0.1) is 5.82 Å². The number of imide groups is 1. The van der Waals surface area contributed by atoms with E-state index < -0.39 is 0 Å². The minimum atomic E-state index is -0.321. The number of rotatable bonds is 6. The fourth-order valence-electron chi connectivity index (χ4n) is 4.49. The molecule has 0 unspecified atom stereocenters. The molecule has 3 heterocycles. The minimum absolute atomic E-state index is 0.228. The first kappa shape index (κ1) is 20.5. The molecule has 5 rings (SSSR count). The van der Waals surface area contributed by atoms with Crippen LogP contribution in [0.2, 0.25) is 0 Å². The van der Waals surface area contributed by atoms with E-state index in [1.165, 1.54) is 17.0 Å². The molecule has 1 fully saturated rings. The van der Waals surface area contributed by atoms with Crippen LogP contribution in [0.15, 0.2) is 65.3 Å². The van der Waals surface area contributed by atoms with Gasteiger partial charge in [0.05, 0.1) is 29.6 Å². The van der Waals surface area contributed by atoms with Gasteiger partial charge in [-0.1, -0.05) is 18.2 Å². The quantitative estimate of drug-likeness (QED) is 0.556. The number of carbonyl (C=O) groups excluding carboxylic acids is 2. The SMILES string of the molecule is O=C1c2cccc(N3CCN(Cc4ccco4)CC3)c2C(=O)N1CCc1cccc(F)c1. The van der Waals surface area contributed by atoms with E-state index in [1.807, 2.05) is 24.3 Å². The third kappa shape index (κ3) is 3.91. The molecule has 1 aromatic heterocycles. The van der Waals surface area contributed by atoms with E-state index in [2.05, 4.69) is 9.80 Å². The number of hydrogen-bond donors (Lipinski definition) is 0. The topological polar surface area (TPSA) is 57.0 Å². The van der Waals surface area contributed by atoms with Gasteiger partial charge >= 0.3 is 0 Å². The largest absolute Gasteiger partial charge is 0.468 e. The van der Waals surface area contributed by atoms with E-state index in [-0.39, 0.29) is 24.2 Å². The van der Waals surface area contributed by atoms with Crippen molar-refractivity contribution in [3.8, 4) is 0 Å². The number of anilines is 1. The number of hydrogen-bond acceptors (Lipinski definition) is 5. The first-order valence-corrected chi connectivity index (χ1v) is 10.8. The average molecular weight is 433 g/mol. The van der Waals surface area contributed by atoms with E-state index in [9.17, 15) is 14.0 Å². The van der Waals surface area contributed by atoms with Gasteiger partial charge in [-0.05, 0) is 48.4 Å². The number of benzene rings is 2. The number of furan rings is 1. The van der Waals surface area contributed by atoms with Crippen LogP contribution in [0.4, 0.5) is 10.1 Å². The molecule has 0 spiro atoms. The van der Waals surface area contributed by atoms with Crippen LogP contribution in [0.1, 0.15) is 32.0 Å². The maximum absolute atomic E-state index is 13.5. The summed E-state index contributed by atoms with van der Waals surface area (Å²) >= 11 is 0. The smallest absolute Gasteiger partial charge is 0.263 e. The molecule has 0 atom stereocenters. The Balaban J connectivity index is 1.29. The molecule has 7 heteroatoms. The van der Waals surface area contributed by atoms with Crippen LogP contribution in [0.5, 0.6) is 0 Å². The molecule has 0 saturated carbocycles. The maximum atomic E-state index is 13.5. The second-order valence-corrected chi connectivity index (χ2v) is 8.18. The Kier molecular flexibility index (Phi) is 5.49. The van der Waals surface area contributed by atoms with Gasteiger partial charge in [0.1, 0.15) is 11.6 Å². The highest BCUT2D eigenvalue weighted by atomic mass is 19.1. The summed E-state index contributed by atoms with van der Waals surface area (Å²) in [5.41, 5.74) is 2.50. The van der Waals surface area contributed by atoms with Crippen molar-refractivity contribution in [3.63, 3.8) is 0 Å². The van der Waals surface area contributed by atoms with Crippen LogP contribution in [0.25, 0.3) is 0 Å². The van der Waals surface area contributed by atoms with Gasteiger partial charge in [-0.15, -0.1) is 0 Å². The van der Waals surface area contributed by atoms with Gasteiger partial charge in [0, 0.05) is 32.7 Å². The lowest BCUT2D eigenvalue weighted by Crippen LogP contribution is -2.46. The summed E-state index contributed by atoms with van der Waals surface area (Å²) in [6.45, 7) is 4.21. The molecule has 164 valence electrons. The highest BCUT2D eigenvalue weighted by molar-refractivity contribution is 6.23. The van der Waals surface area contributed by atoms with Crippen LogP contribution >= 0.6 is 0 Å².